The van der Waals surface area contributed by atoms with Crippen molar-refractivity contribution in [3.05, 3.63) is 71.2 Å². The van der Waals surface area contributed by atoms with E-state index in [0.717, 1.165) is 23.5 Å². The fraction of sp³-hybridized carbons (Fsp3) is 0.320. The number of halogens is 3. The van der Waals surface area contributed by atoms with E-state index in [9.17, 15) is 23.2 Å². The molecule has 0 aliphatic heterocycles. The molecule has 0 spiro atoms. The van der Waals surface area contributed by atoms with Crippen LogP contribution in [0.3, 0.4) is 0 Å². The van der Waals surface area contributed by atoms with Gasteiger partial charge in [-0.3, -0.25) is 9.78 Å². The Labute approximate surface area is 193 Å². The lowest BCUT2D eigenvalue weighted by molar-refractivity contribution is -0.137. The number of nitrogens with zero attached hydrogens (tertiary/aromatic N) is 5. The van der Waals surface area contributed by atoms with Crippen LogP contribution in [0.1, 0.15) is 37.1 Å². The SMILES string of the molecule is C[C@H]1C(=O)C(C#N)=C[C@@]2(C)c3c(c(-c4ccccn4)nn3-c3ccc(C(F)(F)F)cn3)CC[C@H]12. The van der Waals surface area contributed by atoms with Gasteiger partial charge < -0.3 is 0 Å². The molecular formula is C25H20F3N5O. The van der Waals surface area contributed by atoms with Crippen molar-refractivity contribution in [3.8, 4) is 23.3 Å². The lowest BCUT2D eigenvalue weighted by atomic mass is 9.58. The van der Waals surface area contributed by atoms with Crippen molar-refractivity contribution in [2.45, 2.75) is 38.3 Å². The number of carbonyl (C=O) groups is 1. The van der Waals surface area contributed by atoms with Gasteiger partial charge in [0.2, 0.25) is 0 Å². The van der Waals surface area contributed by atoms with Crippen LogP contribution < -0.4 is 0 Å². The molecular weight excluding hydrogens is 443 g/mol. The van der Waals surface area contributed by atoms with E-state index >= 15 is 0 Å². The zero-order valence-corrected chi connectivity index (χ0v) is 18.5. The van der Waals surface area contributed by atoms with Crippen LogP contribution in [0.25, 0.3) is 17.2 Å². The molecule has 0 saturated heterocycles. The molecule has 0 aromatic carbocycles. The summed E-state index contributed by atoms with van der Waals surface area (Å²) in [5, 5.41) is 14.4. The van der Waals surface area contributed by atoms with E-state index in [2.05, 4.69) is 9.97 Å². The minimum Gasteiger partial charge on any atom is -0.293 e. The second-order valence-corrected chi connectivity index (χ2v) is 8.96. The number of aromatic nitrogens is 4. The zero-order valence-electron chi connectivity index (χ0n) is 18.5. The van der Waals surface area contributed by atoms with Crippen molar-refractivity contribution in [2.75, 3.05) is 0 Å². The first kappa shape index (κ1) is 22.0. The van der Waals surface area contributed by atoms with Crippen molar-refractivity contribution in [1.29, 1.82) is 5.26 Å². The normalized spacial score (nSPS) is 24.1. The summed E-state index contributed by atoms with van der Waals surface area (Å²) in [6.07, 6.45) is 0.958. The Balaban J connectivity index is 1.78. The third-order valence-corrected chi connectivity index (χ3v) is 7.02. The first-order valence-corrected chi connectivity index (χ1v) is 10.9. The number of alkyl halides is 3. The Morgan fingerprint density at radius 3 is 2.62 bits per heavy atom. The Hall–Kier alpha value is -3.80. The van der Waals surface area contributed by atoms with E-state index in [1.165, 1.54) is 6.07 Å². The molecule has 0 fully saturated rings. The monoisotopic (exact) mass is 463 g/mol. The molecule has 3 aromatic rings. The first-order chi connectivity index (χ1) is 16.1. The van der Waals surface area contributed by atoms with Crippen molar-refractivity contribution in [2.24, 2.45) is 11.8 Å². The highest BCUT2D eigenvalue weighted by atomic mass is 19.4. The Kier molecular flexibility index (Phi) is 4.93. The minimum absolute atomic E-state index is 0.0895. The number of hydrogen-bond donors (Lipinski definition) is 0. The zero-order chi connectivity index (χ0) is 24.3. The maximum absolute atomic E-state index is 13.1. The van der Waals surface area contributed by atoms with Crippen molar-refractivity contribution in [3.63, 3.8) is 0 Å². The van der Waals surface area contributed by atoms with Crippen LogP contribution in [0.5, 0.6) is 0 Å². The molecule has 0 unspecified atom stereocenters. The average Bonchev–Trinajstić information content (AvgIpc) is 3.23. The van der Waals surface area contributed by atoms with E-state index < -0.39 is 17.2 Å². The molecule has 34 heavy (non-hydrogen) atoms. The van der Waals surface area contributed by atoms with E-state index in [1.807, 2.05) is 32.0 Å². The summed E-state index contributed by atoms with van der Waals surface area (Å²) in [5.74, 6) is -0.423. The van der Waals surface area contributed by atoms with Crippen LogP contribution in [-0.2, 0) is 22.8 Å². The quantitative estimate of drug-likeness (QED) is 0.543. The minimum atomic E-state index is -4.51. The van der Waals surface area contributed by atoms with Gasteiger partial charge in [0.1, 0.15) is 11.8 Å². The van der Waals surface area contributed by atoms with Crippen molar-refractivity contribution < 1.29 is 18.0 Å². The molecule has 3 atom stereocenters. The van der Waals surface area contributed by atoms with E-state index in [1.54, 1.807) is 23.0 Å². The second-order valence-electron chi connectivity index (χ2n) is 8.96. The molecule has 5 rings (SSSR count). The fourth-order valence-electron chi connectivity index (χ4n) is 5.40. The highest BCUT2D eigenvalue weighted by Crippen LogP contribution is 2.51. The molecule has 0 saturated carbocycles. The third kappa shape index (κ3) is 3.24. The van der Waals surface area contributed by atoms with Crippen molar-refractivity contribution >= 4 is 5.78 Å². The summed E-state index contributed by atoms with van der Waals surface area (Å²) in [6, 6.07) is 9.74. The van der Waals surface area contributed by atoms with Gasteiger partial charge in [-0.05, 0) is 43.0 Å². The largest absolute Gasteiger partial charge is 0.417 e. The molecule has 2 aliphatic carbocycles. The fourth-order valence-corrected chi connectivity index (χ4v) is 5.40. The molecule has 6 nitrogen and oxygen atoms in total. The van der Waals surface area contributed by atoms with Gasteiger partial charge in [0.15, 0.2) is 11.6 Å². The van der Waals surface area contributed by atoms with Gasteiger partial charge in [0.05, 0.1) is 22.5 Å². The lowest BCUT2D eigenvalue weighted by Gasteiger charge is -2.45. The Morgan fingerprint density at radius 1 is 1.21 bits per heavy atom. The van der Waals surface area contributed by atoms with Gasteiger partial charge in [0.25, 0.3) is 0 Å². The smallest absolute Gasteiger partial charge is 0.293 e. The van der Waals surface area contributed by atoms with Crippen molar-refractivity contribution in [1.82, 2.24) is 19.7 Å². The standard InChI is InChI=1S/C25H20F3N5O/c1-14-18-8-7-17-21(19-5-3-4-10-30-19)32-33(20-9-6-16(13-31-20)25(26,27)28)23(17)24(18,2)11-15(12-29)22(14)34/h3-6,9-11,13-14,18H,7-8H2,1-2H3/t14-,18-,24-/m1/s1. The summed E-state index contributed by atoms with van der Waals surface area (Å²) < 4.78 is 40.9. The number of ketones is 1. The topological polar surface area (TPSA) is 84.5 Å². The Morgan fingerprint density at radius 2 is 2.00 bits per heavy atom. The van der Waals surface area contributed by atoms with E-state index in [0.29, 0.717) is 24.2 Å². The molecule has 3 aromatic heterocycles. The molecule has 9 heteroatoms. The predicted octanol–water partition coefficient (Wildman–Crippen LogP) is 4.84. The number of allylic oxidation sites excluding steroid dienone is 2. The van der Waals surface area contributed by atoms with Gasteiger partial charge in [-0.2, -0.15) is 23.5 Å². The predicted molar refractivity (Wildman–Crippen MR) is 117 cm³/mol. The summed E-state index contributed by atoms with van der Waals surface area (Å²) in [7, 11) is 0. The second kappa shape index (κ2) is 7.62. The first-order valence-electron chi connectivity index (χ1n) is 10.9. The van der Waals surface area contributed by atoms with Crippen LogP contribution in [-0.4, -0.2) is 25.5 Å². The molecule has 172 valence electrons. The lowest BCUT2D eigenvalue weighted by Crippen LogP contribution is -2.46. The number of nitriles is 1. The molecule has 0 amide bonds. The van der Waals surface area contributed by atoms with Gasteiger partial charge >= 0.3 is 6.18 Å². The Bertz CT molecular complexity index is 1350. The summed E-state index contributed by atoms with van der Waals surface area (Å²) in [4.78, 5) is 21.2. The summed E-state index contributed by atoms with van der Waals surface area (Å²) >= 11 is 0. The van der Waals surface area contributed by atoms with Gasteiger partial charge in [-0.15, -0.1) is 0 Å². The number of carbonyl (C=O) groups excluding carboxylic acids is 1. The maximum atomic E-state index is 13.1. The number of pyridine rings is 2. The van der Waals surface area contributed by atoms with E-state index in [-0.39, 0.29) is 29.0 Å². The number of fused-ring (bicyclic) bond motifs is 3. The molecule has 2 aliphatic rings. The molecule has 0 radical (unpaired) electrons. The molecule has 0 bridgehead atoms. The van der Waals surface area contributed by atoms with Crippen LogP contribution >= 0.6 is 0 Å². The van der Waals surface area contributed by atoms with Crippen LogP contribution in [0.2, 0.25) is 0 Å². The van der Waals surface area contributed by atoms with Crippen LogP contribution in [0.4, 0.5) is 13.2 Å². The van der Waals surface area contributed by atoms with Gasteiger partial charge in [0, 0.05) is 29.3 Å². The average molecular weight is 463 g/mol. The van der Waals surface area contributed by atoms with Crippen LogP contribution in [0, 0.1) is 23.2 Å². The molecule has 0 N–H and O–H groups in total. The summed E-state index contributed by atoms with van der Waals surface area (Å²) in [6.45, 7) is 3.79. The summed E-state index contributed by atoms with van der Waals surface area (Å²) in [5.41, 5.74) is 1.37. The molecule has 3 heterocycles. The van der Waals surface area contributed by atoms with Crippen LogP contribution in [0.15, 0.2) is 54.4 Å². The number of hydrogen-bond acceptors (Lipinski definition) is 5. The van der Waals surface area contributed by atoms with Gasteiger partial charge in [-0.25, -0.2) is 9.67 Å². The number of Topliss-reactive ketones (excluding diaryl/α,β-unsaturated/α-hetero) is 1. The van der Waals surface area contributed by atoms with E-state index in [4.69, 9.17) is 5.10 Å². The highest BCUT2D eigenvalue weighted by Gasteiger charge is 2.51. The third-order valence-electron chi connectivity index (χ3n) is 7.02. The number of rotatable bonds is 2. The maximum Gasteiger partial charge on any atom is 0.417 e. The van der Waals surface area contributed by atoms with Gasteiger partial charge in [-0.1, -0.05) is 26.0 Å². The highest BCUT2D eigenvalue weighted by molar-refractivity contribution is 6.02.